The second-order valence-corrected chi connectivity index (χ2v) is 6.53. The Balaban J connectivity index is 1.46. The lowest BCUT2D eigenvalue weighted by Gasteiger charge is -2.52. The highest BCUT2D eigenvalue weighted by Crippen LogP contribution is 2.35. The molecular formula is C17H22ClNO4. The van der Waals surface area contributed by atoms with Crippen LogP contribution in [0, 0.1) is 0 Å². The molecule has 126 valence electrons. The second-order valence-electron chi connectivity index (χ2n) is 6.10. The molecule has 0 aromatic heterocycles. The highest BCUT2D eigenvalue weighted by molar-refractivity contribution is 6.30. The normalized spacial score (nSPS) is 22.7. The minimum absolute atomic E-state index is 0.0192. The molecule has 1 spiro atoms. The fourth-order valence-electron chi connectivity index (χ4n) is 3.20. The molecule has 2 aliphatic heterocycles. The summed E-state index contributed by atoms with van der Waals surface area (Å²) < 4.78 is 17.1. The van der Waals surface area contributed by atoms with Crippen molar-refractivity contribution in [3.63, 3.8) is 0 Å². The molecule has 5 nitrogen and oxygen atoms in total. The number of nitrogens with zero attached hydrogens (tertiary/aromatic N) is 1. The standard InChI is InChI=1S/C17H22ClNO4/c1-2-21-15-6-7-23-17(9-15)11-19(12-17)16(20)10-22-14-5-3-4-13(18)8-14/h3-5,8,15H,2,6-7,9-12H2,1H3/t15-/m1/s1. The number of halogens is 1. The van der Waals surface area contributed by atoms with Crippen LogP contribution in [0.2, 0.25) is 5.02 Å². The minimum Gasteiger partial charge on any atom is -0.484 e. The lowest BCUT2D eigenvalue weighted by molar-refractivity contribution is -0.201. The van der Waals surface area contributed by atoms with Crippen LogP contribution in [0.25, 0.3) is 0 Å². The molecule has 0 N–H and O–H groups in total. The maximum absolute atomic E-state index is 12.2. The number of ether oxygens (including phenoxy) is 3. The average Bonchev–Trinajstić information content (AvgIpc) is 2.51. The number of amides is 1. The number of likely N-dealkylation sites (tertiary alicyclic amines) is 1. The van der Waals surface area contributed by atoms with E-state index in [1.54, 1.807) is 29.2 Å². The third-order valence-corrected chi connectivity index (χ3v) is 4.55. The molecule has 0 bridgehead atoms. The lowest BCUT2D eigenvalue weighted by Crippen LogP contribution is -2.67. The van der Waals surface area contributed by atoms with Gasteiger partial charge in [-0.15, -0.1) is 0 Å². The van der Waals surface area contributed by atoms with Crippen LogP contribution in [0.3, 0.4) is 0 Å². The van der Waals surface area contributed by atoms with Gasteiger partial charge in [-0.1, -0.05) is 17.7 Å². The maximum Gasteiger partial charge on any atom is 0.260 e. The summed E-state index contributed by atoms with van der Waals surface area (Å²) in [5.74, 6) is 0.573. The van der Waals surface area contributed by atoms with E-state index in [9.17, 15) is 4.79 Å². The molecule has 2 fully saturated rings. The fourth-order valence-corrected chi connectivity index (χ4v) is 3.38. The predicted octanol–water partition coefficient (Wildman–Crippen LogP) is 2.52. The highest BCUT2D eigenvalue weighted by Gasteiger charge is 2.49. The Bertz CT molecular complexity index is 557. The van der Waals surface area contributed by atoms with Crippen LogP contribution in [-0.4, -0.2) is 55.4 Å². The summed E-state index contributed by atoms with van der Waals surface area (Å²) in [6, 6.07) is 7.05. The maximum atomic E-state index is 12.2. The summed E-state index contributed by atoms with van der Waals surface area (Å²) in [4.78, 5) is 14.0. The first-order chi connectivity index (χ1) is 11.1. The molecule has 0 radical (unpaired) electrons. The zero-order valence-electron chi connectivity index (χ0n) is 13.3. The van der Waals surface area contributed by atoms with Gasteiger partial charge in [-0.2, -0.15) is 0 Å². The van der Waals surface area contributed by atoms with Crippen LogP contribution in [0.15, 0.2) is 24.3 Å². The van der Waals surface area contributed by atoms with Gasteiger partial charge >= 0.3 is 0 Å². The Morgan fingerprint density at radius 2 is 2.30 bits per heavy atom. The van der Waals surface area contributed by atoms with Gasteiger partial charge in [0.1, 0.15) is 11.4 Å². The largest absolute Gasteiger partial charge is 0.484 e. The van der Waals surface area contributed by atoms with Crippen molar-refractivity contribution in [1.82, 2.24) is 4.90 Å². The second kappa shape index (κ2) is 7.07. The van der Waals surface area contributed by atoms with Gasteiger partial charge in [0.05, 0.1) is 19.2 Å². The summed E-state index contributed by atoms with van der Waals surface area (Å²) in [7, 11) is 0. The first kappa shape index (κ1) is 16.6. The lowest BCUT2D eigenvalue weighted by atomic mass is 9.84. The molecule has 2 saturated heterocycles. The number of rotatable bonds is 5. The van der Waals surface area contributed by atoms with Crippen LogP contribution < -0.4 is 4.74 Å². The molecule has 6 heteroatoms. The van der Waals surface area contributed by atoms with Gasteiger partial charge in [-0.25, -0.2) is 0 Å². The highest BCUT2D eigenvalue weighted by atomic mass is 35.5. The van der Waals surface area contributed by atoms with Crippen LogP contribution in [0.4, 0.5) is 0 Å². The van der Waals surface area contributed by atoms with Gasteiger partial charge in [-0.3, -0.25) is 4.79 Å². The van der Waals surface area contributed by atoms with E-state index in [2.05, 4.69) is 0 Å². The van der Waals surface area contributed by atoms with Crippen molar-refractivity contribution in [3.05, 3.63) is 29.3 Å². The van der Waals surface area contributed by atoms with Crippen molar-refractivity contribution in [1.29, 1.82) is 0 Å². The SMILES string of the molecule is CCO[C@@H]1CCOC2(C1)CN(C(=O)COc1cccc(Cl)c1)C2. The van der Waals surface area contributed by atoms with Crippen molar-refractivity contribution < 1.29 is 19.0 Å². The molecule has 0 aliphatic carbocycles. The molecule has 1 aromatic carbocycles. The van der Waals surface area contributed by atoms with Gasteiger partial charge < -0.3 is 19.1 Å². The van der Waals surface area contributed by atoms with Gasteiger partial charge in [-0.05, 0) is 31.5 Å². The topological polar surface area (TPSA) is 48.0 Å². The smallest absolute Gasteiger partial charge is 0.260 e. The van der Waals surface area contributed by atoms with E-state index >= 15 is 0 Å². The van der Waals surface area contributed by atoms with E-state index in [4.69, 9.17) is 25.8 Å². The van der Waals surface area contributed by atoms with Crippen molar-refractivity contribution >= 4 is 17.5 Å². The summed E-state index contributed by atoms with van der Waals surface area (Å²) in [5, 5.41) is 0.593. The first-order valence-electron chi connectivity index (χ1n) is 8.02. The van der Waals surface area contributed by atoms with Crippen LogP contribution >= 0.6 is 11.6 Å². The van der Waals surface area contributed by atoms with Crippen molar-refractivity contribution in [2.45, 2.75) is 31.5 Å². The van der Waals surface area contributed by atoms with Crippen molar-refractivity contribution in [2.24, 2.45) is 0 Å². The Labute approximate surface area is 141 Å². The van der Waals surface area contributed by atoms with Crippen LogP contribution in [0.1, 0.15) is 19.8 Å². The molecular weight excluding hydrogens is 318 g/mol. The monoisotopic (exact) mass is 339 g/mol. The summed E-state index contributed by atoms with van der Waals surface area (Å²) >= 11 is 5.89. The Morgan fingerprint density at radius 1 is 1.48 bits per heavy atom. The molecule has 1 amide bonds. The first-order valence-corrected chi connectivity index (χ1v) is 8.40. The van der Waals surface area contributed by atoms with Crippen LogP contribution in [-0.2, 0) is 14.3 Å². The third-order valence-electron chi connectivity index (χ3n) is 4.32. The molecule has 0 unspecified atom stereocenters. The summed E-state index contributed by atoms with van der Waals surface area (Å²) in [5.41, 5.74) is -0.218. The average molecular weight is 340 g/mol. The fraction of sp³-hybridized carbons (Fsp3) is 0.588. The van der Waals surface area contributed by atoms with Crippen molar-refractivity contribution in [3.8, 4) is 5.75 Å². The van der Waals surface area contributed by atoms with Gasteiger partial charge in [0, 0.05) is 24.7 Å². The number of carbonyl (C=O) groups is 1. The quantitative estimate of drug-likeness (QED) is 0.827. The summed E-state index contributed by atoms with van der Waals surface area (Å²) in [6.07, 6.45) is 2.04. The van der Waals surface area contributed by atoms with Gasteiger partial charge in [0.15, 0.2) is 6.61 Å². The molecule has 2 heterocycles. The van der Waals surface area contributed by atoms with E-state index in [-0.39, 0.29) is 24.2 Å². The molecule has 23 heavy (non-hydrogen) atoms. The Hall–Kier alpha value is -1.30. The summed E-state index contributed by atoms with van der Waals surface area (Å²) in [6.45, 7) is 4.68. The van der Waals surface area contributed by atoms with E-state index in [1.165, 1.54) is 0 Å². The van der Waals surface area contributed by atoms with E-state index < -0.39 is 0 Å². The molecule has 0 saturated carbocycles. The van der Waals surface area contributed by atoms with Crippen molar-refractivity contribution in [2.75, 3.05) is 32.9 Å². The van der Waals surface area contributed by atoms with Crippen LogP contribution in [0.5, 0.6) is 5.75 Å². The van der Waals surface area contributed by atoms with E-state index in [0.717, 1.165) is 19.4 Å². The third kappa shape index (κ3) is 3.97. The predicted molar refractivity (Wildman–Crippen MR) is 86.9 cm³/mol. The molecule has 2 aliphatic rings. The zero-order chi connectivity index (χ0) is 16.3. The number of benzene rings is 1. The molecule has 1 aromatic rings. The zero-order valence-corrected chi connectivity index (χ0v) is 14.1. The van der Waals surface area contributed by atoms with E-state index in [1.807, 2.05) is 6.92 Å². The molecule has 3 rings (SSSR count). The number of hydrogen-bond acceptors (Lipinski definition) is 4. The minimum atomic E-state index is -0.218. The number of hydrogen-bond donors (Lipinski definition) is 0. The van der Waals surface area contributed by atoms with E-state index in [0.29, 0.717) is 30.5 Å². The van der Waals surface area contributed by atoms with Gasteiger partial charge in [0.25, 0.3) is 5.91 Å². The Kier molecular flexibility index (Phi) is 5.09. The molecule has 1 atom stereocenters. The van der Waals surface area contributed by atoms with Gasteiger partial charge in [0.2, 0.25) is 0 Å². The Morgan fingerprint density at radius 3 is 3.04 bits per heavy atom. The number of carbonyl (C=O) groups excluding carboxylic acids is 1.